The molecular weight excluding hydrogens is 136 g/mol. The van der Waals surface area contributed by atoms with Crippen LogP contribution < -0.4 is 11.5 Å². The zero-order valence-corrected chi connectivity index (χ0v) is 6.74. The quantitative estimate of drug-likeness (QED) is 0.456. The van der Waals surface area contributed by atoms with Gasteiger partial charge in [0.05, 0.1) is 5.66 Å². The van der Waals surface area contributed by atoms with Crippen LogP contribution in [0.5, 0.6) is 0 Å². The SMILES string of the molecule is C/C=C\C(N)(N)CC.Cl. The van der Waals surface area contributed by atoms with Gasteiger partial charge in [0.15, 0.2) is 0 Å². The Labute approximate surface area is 62.7 Å². The highest BCUT2D eigenvalue weighted by atomic mass is 35.5. The third-order valence-electron chi connectivity index (χ3n) is 1.09. The number of hydrogen-bond acceptors (Lipinski definition) is 2. The predicted molar refractivity (Wildman–Crippen MR) is 43.5 cm³/mol. The molecule has 0 atom stereocenters. The maximum absolute atomic E-state index is 5.52. The second kappa shape index (κ2) is 4.79. The van der Waals surface area contributed by atoms with Crippen molar-refractivity contribution in [3.05, 3.63) is 12.2 Å². The first-order valence-electron chi connectivity index (χ1n) is 2.84. The lowest BCUT2D eigenvalue weighted by Crippen LogP contribution is -2.46. The third kappa shape index (κ3) is 5.83. The van der Waals surface area contributed by atoms with Crippen LogP contribution in [0.3, 0.4) is 0 Å². The number of halogens is 1. The molecule has 2 nitrogen and oxygen atoms in total. The summed E-state index contributed by atoms with van der Waals surface area (Å²) in [6.45, 7) is 3.87. The van der Waals surface area contributed by atoms with Gasteiger partial charge in [-0.2, -0.15) is 0 Å². The first kappa shape index (κ1) is 11.7. The lowest BCUT2D eigenvalue weighted by Gasteiger charge is -2.16. The molecule has 0 aliphatic heterocycles. The van der Waals surface area contributed by atoms with Gasteiger partial charge in [0, 0.05) is 0 Å². The van der Waals surface area contributed by atoms with Gasteiger partial charge >= 0.3 is 0 Å². The van der Waals surface area contributed by atoms with E-state index in [9.17, 15) is 0 Å². The number of allylic oxidation sites excluding steroid dienone is 1. The smallest absolute Gasteiger partial charge is 0.0825 e. The fraction of sp³-hybridized carbons (Fsp3) is 0.667. The average molecular weight is 151 g/mol. The Morgan fingerprint density at radius 3 is 2.00 bits per heavy atom. The van der Waals surface area contributed by atoms with Gasteiger partial charge in [0.1, 0.15) is 0 Å². The van der Waals surface area contributed by atoms with Crippen molar-refractivity contribution >= 4 is 12.4 Å². The molecule has 0 spiro atoms. The van der Waals surface area contributed by atoms with E-state index in [1.54, 1.807) is 6.08 Å². The fourth-order valence-electron chi connectivity index (χ4n) is 0.428. The van der Waals surface area contributed by atoms with Crippen LogP contribution in [0.25, 0.3) is 0 Å². The molecule has 3 heteroatoms. The van der Waals surface area contributed by atoms with E-state index in [2.05, 4.69) is 0 Å². The standard InChI is InChI=1S/C6H14N2.ClH/c1-3-5-6(7,8)4-2;/h3,5H,4,7-8H2,1-2H3;1H/b5-3-;. The Kier molecular flexibility index (Phi) is 6.24. The lowest BCUT2D eigenvalue weighted by molar-refractivity contribution is 0.533. The summed E-state index contributed by atoms with van der Waals surface area (Å²) < 4.78 is 0. The van der Waals surface area contributed by atoms with Gasteiger partial charge in [-0.25, -0.2) is 0 Å². The van der Waals surface area contributed by atoms with Gasteiger partial charge in [-0.1, -0.05) is 19.1 Å². The molecule has 0 bridgehead atoms. The first-order chi connectivity index (χ1) is 3.62. The number of rotatable bonds is 2. The van der Waals surface area contributed by atoms with Crippen molar-refractivity contribution < 1.29 is 0 Å². The van der Waals surface area contributed by atoms with Crippen LogP contribution in [0.15, 0.2) is 12.2 Å². The topological polar surface area (TPSA) is 52.0 Å². The molecule has 0 saturated heterocycles. The van der Waals surface area contributed by atoms with E-state index < -0.39 is 5.66 Å². The van der Waals surface area contributed by atoms with Gasteiger partial charge < -0.3 is 11.5 Å². The minimum atomic E-state index is -0.589. The van der Waals surface area contributed by atoms with E-state index in [1.807, 2.05) is 19.9 Å². The Balaban J connectivity index is 0. The van der Waals surface area contributed by atoms with Crippen LogP contribution in [0.1, 0.15) is 20.3 Å². The van der Waals surface area contributed by atoms with Crippen LogP contribution in [0.4, 0.5) is 0 Å². The van der Waals surface area contributed by atoms with E-state index in [0.717, 1.165) is 6.42 Å². The maximum Gasteiger partial charge on any atom is 0.0825 e. The zero-order chi connectivity index (χ0) is 6.62. The van der Waals surface area contributed by atoms with Gasteiger partial charge in [-0.05, 0) is 13.3 Å². The van der Waals surface area contributed by atoms with E-state index in [1.165, 1.54) is 0 Å². The van der Waals surface area contributed by atoms with Gasteiger partial charge in [0.25, 0.3) is 0 Å². The molecule has 0 aliphatic rings. The van der Waals surface area contributed by atoms with E-state index in [-0.39, 0.29) is 12.4 Å². The molecule has 0 unspecified atom stereocenters. The van der Waals surface area contributed by atoms with Crippen molar-refractivity contribution in [3.63, 3.8) is 0 Å². The van der Waals surface area contributed by atoms with Crippen molar-refractivity contribution in [2.24, 2.45) is 11.5 Å². The highest BCUT2D eigenvalue weighted by Crippen LogP contribution is 1.97. The lowest BCUT2D eigenvalue weighted by atomic mass is 10.1. The second-order valence-electron chi connectivity index (χ2n) is 1.97. The van der Waals surface area contributed by atoms with Crippen molar-refractivity contribution in [2.75, 3.05) is 0 Å². The Morgan fingerprint density at radius 2 is 1.89 bits per heavy atom. The number of hydrogen-bond donors (Lipinski definition) is 2. The normalized spacial score (nSPS) is 11.6. The summed E-state index contributed by atoms with van der Waals surface area (Å²) in [7, 11) is 0. The molecule has 0 radical (unpaired) electrons. The van der Waals surface area contributed by atoms with Crippen LogP contribution in [-0.4, -0.2) is 5.66 Å². The van der Waals surface area contributed by atoms with Crippen LogP contribution in [0.2, 0.25) is 0 Å². The molecule has 0 heterocycles. The summed E-state index contributed by atoms with van der Waals surface area (Å²) in [6, 6.07) is 0. The first-order valence-corrected chi connectivity index (χ1v) is 2.84. The molecule has 0 aromatic heterocycles. The van der Waals surface area contributed by atoms with Gasteiger partial charge in [0.2, 0.25) is 0 Å². The largest absolute Gasteiger partial charge is 0.310 e. The average Bonchev–Trinajstić information content (AvgIpc) is 1.67. The highest BCUT2D eigenvalue weighted by Gasteiger charge is 2.08. The van der Waals surface area contributed by atoms with Gasteiger partial charge in [-0.15, -0.1) is 12.4 Å². The van der Waals surface area contributed by atoms with Crippen molar-refractivity contribution in [1.82, 2.24) is 0 Å². The summed E-state index contributed by atoms with van der Waals surface area (Å²) in [5, 5.41) is 0. The van der Waals surface area contributed by atoms with E-state index in [4.69, 9.17) is 11.5 Å². The monoisotopic (exact) mass is 150 g/mol. The third-order valence-corrected chi connectivity index (χ3v) is 1.09. The molecule has 4 N–H and O–H groups in total. The minimum Gasteiger partial charge on any atom is -0.310 e. The molecule has 0 aliphatic carbocycles. The number of nitrogens with two attached hydrogens (primary N) is 2. The summed E-state index contributed by atoms with van der Waals surface area (Å²) in [5.74, 6) is 0. The second-order valence-corrected chi connectivity index (χ2v) is 1.97. The molecule has 0 rings (SSSR count). The van der Waals surface area contributed by atoms with Crippen molar-refractivity contribution in [3.8, 4) is 0 Å². The molecule has 9 heavy (non-hydrogen) atoms. The van der Waals surface area contributed by atoms with E-state index >= 15 is 0 Å². The highest BCUT2D eigenvalue weighted by molar-refractivity contribution is 5.85. The Morgan fingerprint density at radius 1 is 1.44 bits per heavy atom. The summed E-state index contributed by atoms with van der Waals surface area (Å²) in [5.41, 5.74) is 10.4. The summed E-state index contributed by atoms with van der Waals surface area (Å²) >= 11 is 0. The molecule has 0 aromatic carbocycles. The summed E-state index contributed by atoms with van der Waals surface area (Å²) in [4.78, 5) is 0. The Hall–Kier alpha value is -0.0500. The molecule has 0 saturated carbocycles. The minimum absolute atomic E-state index is 0. The van der Waals surface area contributed by atoms with Crippen LogP contribution in [0, 0.1) is 0 Å². The Bertz CT molecular complexity index is 89.1. The zero-order valence-electron chi connectivity index (χ0n) is 5.92. The summed E-state index contributed by atoms with van der Waals surface area (Å²) in [6.07, 6.45) is 4.44. The van der Waals surface area contributed by atoms with Crippen LogP contribution in [-0.2, 0) is 0 Å². The molecule has 56 valence electrons. The van der Waals surface area contributed by atoms with Gasteiger partial charge in [-0.3, -0.25) is 0 Å². The van der Waals surface area contributed by atoms with Crippen molar-refractivity contribution in [1.29, 1.82) is 0 Å². The maximum atomic E-state index is 5.52. The fourth-order valence-corrected chi connectivity index (χ4v) is 0.428. The van der Waals surface area contributed by atoms with Crippen molar-refractivity contribution in [2.45, 2.75) is 25.9 Å². The molecule has 0 aromatic rings. The van der Waals surface area contributed by atoms with Crippen LogP contribution >= 0.6 is 12.4 Å². The molecular formula is C6H15ClN2. The van der Waals surface area contributed by atoms with E-state index in [0.29, 0.717) is 0 Å². The molecule has 0 amide bonds. The predicted octanol–water partition coefficient (Wildman–Crippen LogP) is 1.01. The molecule has 0 fully saturated rings.